The van der Waals surface area contributed by atoms with E-state index in [4.69, 9.17) is 0 Å². The number of aromatic nitrogens is 2. The molecule has 0 bridgehead atoms. The zero-order valence-corrected chi connectivity index (χ0v) is 14.9. The van der Waals surface area contributed by atoms with E-state index in [1.54, 1.807) is 0 Å². The van der Waals surface area contributed by atoms with Gasteiger partial charge in [0.1, 0.15) is 17.5 Å². The average molecular weight is 342 g/mol. The van der Waals surface area contributed by atoms with Gasteiger partial charge in [-0.15, -0.1) is 0 Å². The molecule has 0 aliphatic heterocycles. The minimum absolute atomic E-state index is 0.213. The molecule has 0 aliphatic carbocycles. The zero-order valence-electron chi connectivity index (χ0n) is 14.9. The summed E-state index contributed by atoms with van der Waals surface area (Å²) < 4.78 is 27.1. The number of H-pyrrole nitrogens is 1. The monoisotopic (exact) mass is 342 g/mol. The summed E-state index contributed by atoms with van der Waals surface area (Å²) in [6, 6.07) is 10.0. The van der Waals surface area contributed by atoms with E-state index < -0.39 is 11.6 Å². The first-order valence-electron chi connectivity index (χ1n) is 8.82. The summed E-state index contributed by atoms with van der Waals surface area (Å²) in [5.41, 5.74) is 3.82. The molecule has 0 spiro atoms. The van der Waals surface area contributed by atoms with Crippen molar-refractivity contribution in [2.45, 2.75) is 46.0 Å². The molecule has 3 aromatic rings. The summed E-state index contributed by atoms with van der Waals surface area (Å²) in [5.74, 6) is 0.651. The van der Waals surface area contributed by atoms with Crippen molar-refractivity contribution in [3.05, 3.63) is 65.0 Å². The molecule has 3 rings (SSSR count). The summed E-state index contributed by atoms with van der Waals surface area (Å²) in [6.07, 6.45) is 2.67. The summed E-state index contributed by atoms with van der Waals surface area (Å²) in [5, 5.41) is 0. The van der Waals surface area contributed by atoms with Crippen LogP contribution in [0.2, 0.25) is 0 Å². The van der Waals surface area contributed by atoms with Gasteiger partial charge in [-0.1, -0.05) is 26.3 Å². The first-order chi connectivity index (χ1) is 11.9. The first kappa shape index (κ1) is 17.6. The van der Waals surface area contributed by atoms with Gasteiger partial charge in [0.25, 0.3) is 0 Å². The standard InChI is InChI=1S/C21H24F2N2/c1-13(2)4-5-16(8-15-9-18(22)12-19(23)10-15)17-6-7-20-21(11-17)25-14(3)24-20/h6-7,9-13,16H,4-5,8H2,1-3H3,(H,24,25). The SMILES string of the molecule is Cc1nc2cc(C(CCC(C)C)Cc3cc(F)cc(F)c3)ccc2[nH]1. The molecule has 0 saturated carbocycles. The number of benzene rings is 2. The quantitative estimate of drug-likeness (QED) is 0.592. The van der Waals surface area contributed by atoms with Gasteiger partial charge in [-0.2, -0.15) is 0 Å². The number of hydrogen-bond acceptors (Lipinski definition) is 1. The fourth-order valence-corrected chi connectivity index (χ4v) is 3.34. The van der Waals surface area contributed by atoms with Gasteiger partial charge < -0.3 is 4.98 Å². The number of nitrogens with one attached hydrogen (secondary N) is 1. The van der Waals surface area contributed by atoms with Crippen LogP contribution in [-0.4, -0.2) is 9.97 Å². The van der Waals surface area contributed by atoms with Gasteiger partial charge in [0.05, 0.1) is 11.0 Å². The van der Waals surface area contributed by atoms with E-state index in [1.807, 2.05) is 13.0 Å². The zero-order chi connectivity index (χ0) is 18.0. The van der Waals surface area contributed by atoms with Crippen LogP contribution in [0.5, 0.6) is 0 Å². The highest BCUT2D eigenvalue weighted by Gasteiger charge is 2.16. The van der Waals surface area contributed by atoms with Crippen molar-refractivity contribution in [2.24, 2.45) is 5.92 Å². The number of aromatic amines is 1. The van der Waals surface area contributed by atoms with Crippen LogP contribution in [0.3, 0.4) is 0 Å². The molecule has 1 aromatic heterocycles. The Kier molecular flexibility index (Phi) is 5.16. The van der Waals surface area contributed by atoms with Gasteiger partial charge in [-0.05, 0) is 67.0 Å². The fraction of sp³-hybridized carbons (Fsp3) is 0.381. The number of fused-ring (bicyclic) bond motifs is 1. The molecule has 0 amide bonds. The van der Waals surface area contributed by atoms with E-state index in [0.717, 1.165) is 35.8 Å². The molecule has 1 heterocycles. The lowest BCUT2D eigenvalue weighted by Gasteiger charge is -2.19. The predicted octanol–water partition coefficient (Wildman–Crippen LogP) is 5.91. The van der Waals surface area contributed by atoms with E-state index in [-0.39, 0.29) is 5.92 Å². The average Bonchev–Trinajstić information content (AvgIpc) is 2.89. The molecule has 1 N–H and O–H groups in total. The Morgan fingerprint density at radius 3 is 2.40 bits per heavy atom. The van der Waals surface area contributed by atoms with Crippen LogP contribution in [0.1, 0.15) is 49.6 Å². The van der Waals surface area contributed by atoms with Crippen molar-refractivity contribution in [1.82, 2.24) is 9.97 Å². The summed E-state index contributed by atoms with van der Waals surface area (Å²) >= 11 is 0. The third-order valence-corrected chi connectivity index (χ3v) is 4.59. The third kappa shape index (κ3) is 4.44. The summed E-state index contributed by atoms with van der Waals surface area (Å²) in [4.78, 5) is 7.74. The molecular formula is C21H24F2N2. The van der Waals surface area contributed by atoms with Crippen LogP contribution in [0, 0.1) is 24.5 Å². The molecule has 4 heteroatoms. The van der Waals surface area contributed by atoms with E-state index in [9.17, 15) is 8.78 Å². The first-order valence-corrected chi connectivity index (χ1v) is 8.82. The molecule has 0 fully saturated rings. The minimum atomic E-state index is -0.518. The smallest absolute Gasteiger partial charge is 0.126 e. The number of rotatable bonds is 6. The highest BCUT2D eigenvalue weighted by molar-refractivity contribution is 5.76. The Bertz CT molecular complexity index is 847. The van der Waals surface area contributed by atoms with Gasteiger partial charge in [-0.25, -0.2) is 13.8 Å². The lowest BCUT2D eigenvalue weighted by Crippen LogP contribution is -2.06. The molecule has 0 aliphatic rings. The largest absolute Gasteiger partial charge is 0.342 e. The Labute approximate surface area is 147 Å². The van der Waals surface area contributed by atoms with Crippen LogP contribution in [-0.2, 0) is 6.42 Å². The number of aryl methyl sites for hydroxylation is 1. The Hall–Kier alpha value is -2.23. The molecule has 0 radical (unpaired) electrons. The molecule has 1 atom stereocenters. The summed E-state index contributed by atoms with van der Waals surface area (Å²) in [7, 11) is 0. The maximum atomic E-state index is 13.6. The van der Waals surface area contributed by atoms with Crippen LogP contribution in [0.25, 0.3) is 11.0 Å². The van der Waals surface area contributed by atoms with Crippen molar-refractivity contribution in [3.8, 4) is 0 Å². The molecule has 2 aromatic carbocycles. The van der Waals surface area contributed by atoms with Crippen LogP contribution >= 0.6 is 0 Å². The second-order valence-electron chi connectivity index (χ2n) is 7.25. The molecule has 2 nitrogen and oxygen atoms in total. The Balaban J connectivity index is 1.91. The number of halogens is 2. The lowest BCUT2D eigenvalue weighted by atomic mass is 9.86. The second kappa shape index (κ2) is 7.34. The van der Waals surface area contributed by atoms with Gasteiger partial charge in [0.2, 0.25) is 0 Å². The van der Waals surface area contributed by atoms with Gasteiger partial charge in [0.15, 0.2) is 0 Å². The van der Waals surface area contributed by atoms with Gasteiger partial charge >= 0.3 is 0 Å². The predicted molar refractivity (Wildman–Crippen MR) is 97.7 cm³/mol. The van der Waals surface area contributed by atoms with Crippen molar-refractivity contribution < 1.29 is 8.78 Å². The highest BCUT2D eigenvalue weighted by atomic mass is 19.1. The Morgan fingerprint density at radius 1 is 1.00 bits per heavy atom. The van der Waals surface area contributed by atoms with Crippen molar-refractivity contribution in [3.63, 3.8) is 0 Å². The Morgan fingerprint density at radius 2 is 1.72 bits per heavy atom. The van der Waals surface area contributed by atoms with Crippen LogP contribution in [0.4, 0.5) is 8.78 Å². The van der Waals surface area contributed by atoms with Gasteiger partial charge in [-0.3, -0.25) is 0 Å². The van der Waals surface area contributed by atoms with Gasteiger partial charge in [0, 0.05) is 6.07 Å². The lowest BCUT2D eigenvalue weighted by molar-refractivity contribution is 0.495. The molecule has 1 unspecified atom stereocenters. The van der Waals surface area contributed by atoms with Crippen LogP contribution in [0.15, 0.2) is 36.4 Å². The fourth-order valence-electron chi connectivity index (χ4n) is 3.34. The normalized spacial score (nSPS) is 12.9. The minimum Gasteiger partial charge on any atom is -0.342 e. The number of nitrogens with zero attached hydrogens (tertiary/aromatic N) is 1. The maximum Gasteiger partial charge on any atom is 0.126 e. The molecule has 132 valence electrons. The topological polar surface area (TPSA) is 28.7 Å². The van der Waals surface area contributed by atoms with E-state index >= 15 is 0 Å². The van der Waals surface area contributed by atoms with Crippen molar-refractivity contribution >= 4 is 11.0 Å². The summed E-state index contributed by atoms with van der Waals surface area (Å²) in [6.45, 7) is 6.32. The van der Waals surface area contributed by atoms with Crippen LogP contribution < -0.4 is 0 Å². The number of imidazole rings is 1. The van der Waals surface area contributed by atoms with Crippen molar-refractivity contribution in [1.29, 1.82) is 0 Å². The van der Waals surface area contributed by atoms with E-state index in [0.29, 0.717) is 17.9 Å². The second-order valence-corrected chi connectivity index (χ2v) is 7.25. The van der Waals surface area contributed by atoms with Crippen molar-refractivity contribution in [2.75, 3.05) is 0 Å². The van der Waals surface area contributed by atoms with E-state index in [2.05, 4.69) is 35.9 Å². The maximum absolute atomic E-state index is 13.6. The highest BCUT2D eigenvalue weighted by Crippen LogP contribution is 2.30. The third-order valence-electron chi connectivity index (χ3n) is 4.59. The molecule has 0 saturated heterocycles. The number of hydrogen-bond donors (Lipinski definition) is 1. The van der Waals surface area contributed by atoms with E-state index in [1.165, 1.54) is 17.7 Å². The molecular weight excluding hydrogens is 318 g/mol. The molecule has 25 heavy (non-hydrogen) atoms.